The fourth-order valence-corrected chi connectivity index (χ4v) is 3.01. The van der Waals surface area contributed by atoms with Gasteiger partial charge in [0, 0.05) is 11.3 Å². The average molecular weight is 252 g/mol. The third-order valence-electron chi connectivity index (χ3n) is 2.99. The number of nitrogens with two attached hydrogens (primary N) is 1. The summed E-state index contributed by atoms with van der Waals surface area (Å²) in [6.07, 6.45) is 5.46. The summed E-state index contributed by atoms with van der Waals surface area (Å²) in [5, 5.41) is 11.0. The summed E-state index contributed by atoms with van der Waals surface area (Å²) >= 11 is 1.81. The lowest BCUT2D eigenvalue weighted by Crippen LogP contribution is -2.39. The number of nitrogens with one attached hydrogen (secondary N) is 1. The Morgan fingerprint density at radius 2 is 2.29 bits per heavy atom. The van der Waals surface area contributed by atoms with Gasteiger partial charge in [-0.25, -0.2) is 0 Å². The zero-order valence-corrected chi connectivity index (χ0v) is 10.5. The van der Waals surface area contributed by atoms with Crippen molar-refractivity contribution in [1.29, 1.82) is 0 Å². The average Bonchev–Trinajstić information content (AvgIpc) is 2.77. The van der Waals surface area contributed by atoms with Gasteiger partial charge in [0.15, 0.2) is 5.69 Å². The number of carbonyl (C=O) groups excluding carboxylic acids is 1. The normalized spacial score (nSPS) is 23.6. The third-order valence-corrected chi connectivity index (χ3v) is 4.16. The Balaban J connectivity index is 1.99. The Morgan fingerprint density at radius 3 is 2.94 bits per heavy atom. The minimum absolute atomic E-state index is 0.163. The Labute approximate surface area is 105 Å². The largest absolute Gasteiger partial charge is 0.382 e. The highest BCUT2D eigenvalue weighted by atomic mass is 32.2. The maximum absolute atomic E-state index is 11.9. The van der Waals surface area contributed by atoms with Crippen LogP contribution in [-0.2, 0) is 0 Å². The molecule has 0 aliphatic heterocycles. The molecule has 2 unspecified atom stereocenters. The molecule has 0 bridgehead atoms. The SMILES string of the molecule is CSC1CCCC1NC(=O)c1ccc(N)nn1. The Bertz CT molecular complexity index is 395. The lowest BCUT2D eigenvalue weighted by atomic mass is 10.2. The topological polar surface area (TPSA) is 80.9 Å². The van der Waals surface area contributed by atoms with Gasteiger partial charge < -0.3 is 11.1 Å². The molecule has 5 nitrogen and oxygen atoms in total. The first-order chi connectivity index (χ1) is 8.20. The summed E-state index contributed by atoms with van der Waals surface area (Å²) in [6, 6.07) is 3.43. The van der Waals surface area contributed by atoms with Crippen molar-refractivity contribution in [3.63, 3.8) is 0 Å². The number of thioether (sulfide) groups is 1. The number of nitrogen functional groups attached to an aromatic ring is 1. The molecule has 2 rings (SSSR count). The highest BCUT2D eigenvalue weighted by Gasteiger charge is 2.28. The number of amides is 1. The molecule has 1 aromatic rings. The van der Waals surface area contributed by atoms with Gasteiger partial charge in [-0.15, -0.1) is 10.2 Å². The summed E-state index contributed by atoms with van der Waals surface area (Å²) in [5.74, 6) is 0.160. The third kappa shape index (κ3) is 2.88. The van der Waals surface area contributed by atoms with Crippen molar-refractivity contribution in [3.05, 3.63) is 17.8 Å². The van der Waals surface area contributed by atoms with Crippen molar-refractivity contribution in [2.75, 3.05) is 12.0 Å². The van der Waals surface area contributed by atoms with Crippen LogP contribution in [0.3, 0.4) is 0 Å². The maximum atomic E-state index is 11.9. The standard InChI is InChI=1S/C11H16N4OS/c1-17-9-4-2-3-7(9)13-11(16)8-5-6-10(12)15-14-8/h5-7,9H,2-4H2,1H3,(H2,12,15)(H,13,16). The Morgan fingerprint density at radius 1 is 1.47 bits per heavy atom. The fourth-order valence-electron chi connectivity index (χ4n) is 2.08. The van der Waals surface area contributed by atoms with Gasteiger partial charge in [-0.2, -0.15) is 11.8 Å². The summed E-state index contributed by atoms with van der Waals surface area (Å²) < 4.78 is 0. The van der Waals surface area contributed by atoms with Crippen LogP contribution in [0.25, 0.3) is 0 Å². The van der Waals surface area contributed by atoms with E-state index in [0.717, 1.165) is 6.42 Å². The van der Waals surface area contributed by atoms with Crippen molar-refractivity contribution in [2.45, 2.75) is 30.6 Å². The van der Waals surface area contributed by atoms with E-state index in [1.807, 2.05) is 11.8 Å². The molecule has 2 atom stereocenters. The minimum atomic E-state index is -0.163. The summed E-state index contributed by atoms with van der Waals surface area (Å²) in [6.45, 7) is 0. The molecule has 1 fully saturated rings. The lowest BCUT2D eigenvalue weighted by Gasteiger charge is -2.18. The number of hydrogen-bond donors (Lipinski definition) is 2. The van der Waals surface area contributed by atoms with Crippen LogP contribution in [0.2, 0.25) is 0 Å². The van der Waals surface area contributed by atoms with Gasteiger partial charge in [-0.1, -0.05) is 6.42 Å². The molecule has 1 heterocycles. The zero-order valence-electron chi connectivity index (χ0n) is 9.72. The van der Waals surface area contributed by atoms with Crippen molar-refractivity contribution in [1.82, 2.24) is 15.5 Å². The molecule has 3 N–H and O–H groups in total. The van der Waals surface area contributed by atoms with Crippen molar-refractivity contribution in [2.24, 2.45) is 0 Å². The molecule has 1 saturated carbocycles. The molecule has 0 aromatic carbocycles. The van der Waals surface area contributed by atoms with E-state index >= 15 is 0 Å². The van der Waals surface area contributed by atoms with Gasteiger partial charge in [0.25, 0.3) is 5.91 Å². The van der Waals surface area contributed by atoms with E-state index in [9.17, 15) is 4.79 Å². The highest BCUT2D eigenvalue weighted by molar-refractivity contribution is 7.99. The molecule has 1 amide bonds. The number of aromatic nitrogens is 2. The molecular formula is C11H16N4OS. The zero-order chi connectivity index (χ0) is 12.3. The fraction of sp³-hybridized carbons (Fsp3) is 0.545. The molecule has 1 aliphatic rings. The van der Waals surface area contributed by atoms with Crippen LogP contribution in [0.1, 0.15) is 29.8 Å². The molecule has 1 aliphatic carbocycles. The van der Waals surface area contributed by atoms with Gasteiger partial charge in [-0.3, -0.25) is 4.79 Å². The van der Waals surface area contributed by atoms with Gasteiger partial charge in [0.1, 0.15) is 5.82 Å². The van der Waals surface area contributed by atoms with Crippen LogP contribution in [0.5, 0.6) is 0 Å². The second kappa shape index (κ2) is 5.35. The van der Waals surface area contributed by atoms with Gasteiger partial charge in [0.2, 0.25) is 0 Å². The van der Waals surface area contributed by atoms with Gasteiger partial charge in [-0.05, 0) is 31.2 Å². The van der Waals surface area contributed by atoms with Gasteiger partial charge >= 0.3 is 0 Å². The van der Waals surface area contributed by atoms with Crippen LogP contribution in [0.4, 0.5) is 5.82 Å². The number of carbonyl (C=O) groups is 1. The monoisotopic (exact) mass is 252 g/mol. The predicted molar refractivity (Wildman–Crippen MR) is 68.9 cm³/mol. The summed E-state index contributed by atoms with van der Waals surface area (Å²) in [5.41, 5.74) is 5.75. The molecule has 0 saturated heterocycles. The van der Waals surface area contributed by atoms with E-state index in [2.05, 4.69) is 21.8 Å². The second-order valence-electron chi connectivity index (χ2n) is 4.13. The smallest absolute Gasteiger partial charge is 0.272 e. The van der Waals surface area contributed by atoms with E-state index in [0.29, 0.717) is 16.8 Å². The second-order valence-corrected chi connectivity index (χ2v) is 5.21. The molecule has 6 heteroatoms. The predicted octanol–water partition coefficient (Wildman–Crippen LogP) is 1.07. The molecule has 92 valence electrons. The van der Waals surface area contributed by atoms with E-state index < -0.39 is 0 Å². The number of rotatable bonds is 3. The van der Waals surface area contributed by atoms with E-state index in [-0.39, 0.29) is 11.9 Å². The van der Waals surface area contributed by atoms with Crippen molar-refractivity contribution < 1.29 is 4.79 Å². The number of anilines is 1. The molecule has 0 spiro atoms. The van der Waals surface area contributed by atoms with E-state index in [4.69, 9.17) is 5.73 Å². The summed E-state index contributed by atoms with van der Waals surface area (Å²) in [7, 11) is 0. The quantitative estimate of drug-likeness (QED) is 0.841. The van der Waals surface area contributed by atoms with Gasteiger partial charge in [0.05, 0.1) is 0 Å². The Hall–Kier alpha value is -1.30. The van der Waals surface area contributed by atoms with E-state index in [1.54, 1.807) is 12.1 Å². The van der Waals surface area contributed by atoms with Crippen LogP contribution >= 0.6 is 11.8 Å². The van der Waals surface area contributed by atoms with Crippen LogP contribution < -0.4 is 11.1 Å². The molecule has 0 radical (unpaired) electrons. The lowest BCUT2D eigenvalue weighted by molar-refractivity contribution is 0.0932. The molecule has 1 aromatic heterocycles. The van der Waals surface area contributed by atoms with Crippen LogP contribution in [0, 0.1) is 0 Å². The Kier molecular flexibility index (Phi) is 3.83. The first-order valence-corrected chi connectivity index (χ1v) is 6.92. The number of nitrogens with zero attached hydrogens (tertiary/aromatic N) is 2. The van der Waals surface area contributed by atoms with Crippen LogP contribution in [-0.4, -0.2) is 33.7 Å². The minimum Gasteiger partial charge on any atom is -0.382 e. The van der Waals surface area contributed by atoms with Crippen molar-refractivity contribution in [3.8, 4) is 0 Å². The first kappa shape index (κ1) is 12.2. The molecular weight excluding hydrogens is 236 g/mol. The van der Waals surface area contributed by atoms with Crippen molar-refractivity contribution >= 4 is 23.5 Å². The van der Waals surface area contributed by atoms with Crippen LogP contribution in [0.15, 0.2) is 12.1 Å². The first-order valence-electron chi connectivity index (χ1n) is 5.63. The maximum Gasteiger partial charge on any atom is 0.272 e. The highest BCUT2D eigenvalue weighted by Crippen LogP contribution is 2.28. The van der Waals surface area contributed by atoms with E-state index in [1.165, 1.54) is 12.8 Å². The molecule has 17 heavy (non-hydrogen) atoms. The summed E-state index contributed by atoms with van der Waals surface area (Å²) in [4.78, 5) is 11.9. The number of hydrogen-bond acceptors (Lipinski definition) is 5.